The molecule has 0 saturated heterocycles. The largest absolute Gasteiger partial charge is 0.487 e. The van der Waals surface area contributed by atoms with Crippen LogP contribution in [0.3, 0.4) is 0 Å². The van der Waals surface area contributed by atoms with E-state index in [4.69, 9.17) is 9.93 Å². The first-order valence-corrected chi connectivity index (χ1v) is 4.89. The van der Waals surface area contributed by atoms with Crippen LogP contribution in [0.4, 0.5) is 0 Å². The molecule has 0 aliphatic heterocycles. The van der Waals surface area contributed by atoms with Crippen LogP contribution in [0.1, 0.15) is 18.5 Å². The molecule has 0 aliphatic carbocycles. The van der Waals surface area contributed by atoms with Crippen molar-refractivity contribution in [3.05, 3.63) is 47.6 Å². The second kappa shape index (κ2) is 4.13. The van der Waals surface area contributed by atoms with Crippen LogP contribution < -0.4 is 15.5 Å². The second-order valence-electron chi connectivity index (χ2n) is 3.59. The molecule has 0 aliphatic rings. The van der Waals surface area contributed by atoms with Crippen molar-refractivity contribution in [3.63, 3.8) is 0 Å². The Labute approximate surface area is 87.6 Å². The van der Waals surface area contributed by atoms with E-state index in [1.807, 2.05) is 18.2 Å². The van der Waals surface area contributed by atoms with Crippen LogP contribution in [0.5, 0.6) is 0 Å². The van der Waals surface area contributed by atoms with E-state index in [1.165, 1.54) is 5.56 Å². The highest BCUT2D eigenvalue weighted by molar-refractivity contribution is 5.14. The van der Waals surface area contributed by atoms with Gasteiger partial charge in [-0.15, -0.1) is 0 Å². The second-order valence-corrected chi connectivity index (χ2v) is 3.59. The summed E-state index contributed by atoms with van der Waals surface area (Å²) >= 11 is 0. The lowest BCUT2D eigenvalue weighted by molar-refractivity contribution is -0.787. The molecule has 1 heterocycles. The normalized spacial score (nSPS) is 12.6. The molecule has 0 unspecified atom stereocenters. The SMILES string of the molecule is C[C@@H](Cc1ccccc1)[n+]1cc(=N)o[n-]1. The zero-order valence-electron chi connectivity index (χ0n) is 8.55. The van der Waals surface area contributed by atoms with Gasteiger partial charge in [-0.2, -0.15) is 0 Å². The lowest BCUT2D eigenvalue weighted by atomic mass is 10.1. The van der Waals surface area contributed by atoms with Crippen molar-refractivity contribution < 1.29 is 9.20 Å². The summed E-state index contributed by atoms with van der Waals surface area (Å²) in [7, 11) is 0. The van der Waals surface area contributed by atoms with Crippen LogP contribution in [0.2, 0.25) is 0 Å². The highest BCUT2D eigenvalue weighted by atomic mass is 16.5. The van der Waals surface area contributed by atoms with Crippen LogP contribution >= 0.6 is 0 Å². The minimum Gasteiger partial charge on any atom is -0.487 e. The third kappa shape index (κ3) is 2.34. The zero-order chi connectivity index (χ0) is 10.7. The lowest BCUT2D eigenvalue weighted by Crippen LogP contribution is -2.42. The van der Waals surface area contributed by atoms with Crippen molar-refractivity contribution >= 4 is 0 Å². The lowest BCUT2D eigenvalue weighted by Gasteiger charge is -2.07. The number of nitrogens with zero attached hydrogens (tertiary/aromatic N) is 2. The summed E-state index contributed by atoms with van der Waals surface area (Å²) in [5.74, 6) is 0. The number of hydrogen-bond acceptors (Lipinski definition) is 2. The molecule has 0 spiro atoms. The summed E-state index contributed by atoms with van der Waals surface area (Å²) in [5, 5.41) is 11.0. The highest BCUT2D eigenvalue weighted by Gasteiger charge is 2.10. The smallest absolute Gasteiger partial charge is 0.264 e. The van der Waals surface area contributed by atoms with E-state index in [0.717, 1.165) is 6.42 Å². The molecule has 1 aromatic carbocycles. The first-order valence-electron chi connectivity index (χ1n) is 4.89. The molecule has 4 nitrogen and oxygen atoms in total. The molecule has 0 amide bonds. The Hall–Kier alpha value is -1.84. The molecule has 2 aromatic rings. The first-order chi connectivity index (χ1) is 7.25. The predicted octanol–water partition coefficient (Wildman–Crippen LogP) is 0.807. The Bertz CT molecular complexity index is 472. The summed E-state index contributed by atoms with van der Waals surface area (Å²) in [6.45, 7) is 2.05. The quantitative estimate of drug-likeness (QED) is 0.750. The fourth-order valence-corrected chi connectivity index (χ4v) is 1.51. The summed E-state index contributed by atoms with van der Waals surface area (Å²) in [4.78, 5) is 0. The van der Waals surface area contributed by atoms with Crippen molar-refractivity contribution in [2.45, 2.75) is 19.4 Å². The topological polar surface area (TPSA) is 55.0 Å². The number of aromatic nitrogens is 2. The Balaban J connectivity index is 2.10. The molecule has 0 saturated carbocycles. The van der Waals surface area contributed by atoms with Crippen LogP contribution in [0, 0.1) is 5.41 Å². The number of rotatable bonds is 3. The third-order valence-electron chi connectivity index (χ3n) is 2.31. The van der Waals surface area contributed by atoms with Crippen LogP contribution in [0.25, 0.3) is 0 Å². The van der Waals surface area contributed by atoms with Crippen LogP contribution in [0.15, 0.2) is 41.1 Å². The molecule has 0 fully saturated rings. The van der Waals surface area contributed by atoms with Gasteiger partial charge in [0.25, 0.3) is 5.55 Å². The maximum Gasteiger partial charge on any atom is 0.264 e. The highest BCUT2D eigenvalue weighted by Crippen LogP contribution is 2.06. The van der Waals surface area contributed by atoms with E-state index in [9.17, 15) is 0 Å². The summed E-state index contributed by atoms with van der Waals surface area (Å²) in [6.07, 6.45) is 2.48. The van der Waals surface area contributed by atoms with Gasteiger partial charge in [0.2, 0.25) is 6.20 Å². The maximum atomic E-state index is 7.24. The van der Waals surface area contributed by atoms with E-state index >= 15 is 0 Å². The molecule has 78 valence electrons. The Morgan fingerprint density at radius 1 is 1.40 bits per heavy atom. The minimum atomic E-state index is 0.0925. The molecule has 15 heavy (non-hydrogen) atoms. The van der Waals surface area contributed by atoms with E-state index < -0.39 is 0 Å². The molecule has 0 radical (unpaired) electrons. The molecule has 2 rings (SSSR count). The summed E-state index contributed by atoms with van der Waals surface area (Å²) in [6, 6.07) is 10.4. The van der Waals surface area contributed by atoms with Crippen molar-refractivity contribution in [2.24, 2.45) is 0 Å². The summed E-state index contributed by atoms with van der Waals surface area (Å²) < 4.78 is 6.38. The van der Waals surface area contributed by atoms with E-state index in [-0.39, 0.29) is 11.6 Å². The monoisotopic (exact) mass is 203 g/mol. The van der Waals surface area contributed by atoms with Gasteiger partial charge in [0.05, 0.1) is 0 Å². The Morgan fingerprint density at radius 2 is 2.13 bits per heavy atom. The number of nitrogens with one attached hydrogen (secondary N) is 1. The number of hydrogen-bond donors (Lipinski definition) is 1. The molecule has 4 heteroatoms. The fraction of sp³-hybridized carbons (Fsp3) is 0.273. The first kappa shape index (κ1) is 9.71. The van der Waals surface area contributed by atoms with E-state index in [2.05, 4.69) is 24.3 Å². The van der Waals surface area contributed by atoms with E-state index in [1.54, 1.807) is 10.9 Å². The van der Waals surface area contributed by atoms with Gasteiger partial charge in [0.1, 0.15) is 0 Å². The van der Waals surface area contributed by atoms with Crippen molar-refractivity contribution in [2.75, 3.05) is 0 Å². The van der Waals surface area contributed by atoms with Gasteiger partial charge in [-0.05, 0) is 12.5 Å². The molecule has 0 bridgehead atoms. The van der Waals surface area contributed by atoms with Crippen LogP contribution in [-0.2, 0) is 6.42 Å². The molecular weight excluding hydrogens is 190 g/mol. The molecule has 1 aromatic heterocycles. The van der Waals surface area contributed by atoms with E-state index in [0.29, 0.717) is 0 Å². The minimum absolute atomic E-state index is 0.0925. The number of benzene rings is 1. The standard InChI is InChI=1S/C11H13N3O/c1-9(14-8-11(12)15-13-14)7-10-5-3-2-4-6-10/h2-6,8-9,12H,7H2,1H3/t9-/m0/s1. The van der Waals surface area contributed by atoms with Crippen molar-refractivity contribution in [1.29, 1.82) is 5.41 Å². The van der Waals surface area contributed by atoms with Gasteiger partial charge < -0.3 is 4.52 Å². The maximum absolute atomic E-state index is 7.24. The zero-order valence-corrected chi connectivity index (χ0v) is 8.55. The van der Waals surface area contributed by atoms with Gasteiger partial charge >= 0.3 is 0 Å². The molecule has 1 atom stereocenters. The summed E-state index contributed by atoms with van der Waals surface area (Å²) in [5.41, 5.74) is 1.35. The molecule has 1 N–H and O–H groups in total. The average Bonchev–Trinajstić information content (AvgIpc) is 2.66. The van der Waals surface area contributed by atoms with Gasteiger partial charge in [-0.25, -0.2) is 4.68 Å². The van der Waals surface area contributed by atoms with Crippen molar-refractivity contribution in [3.8, 4) is 0 Å². The average molecular weight is 203 g/mol. The van der Waals surface area contributed by atoms with Crippen molar-refractivity contribution in [1.82, 2.24) is 5.27 Å². The Morgan fingerprint density at radius 3 is 2.73 bits per heavy atom. The van der Waals surface area contributed by atoms with Gasteiger partial charge in [0.15, 0.2) is 6.04 Å². The predicted molar refractivity (Wildman–Crippen MR) is 52.9 cm³/mol. The Kier molecular flexibility index (Phi) is 2.67. The van der Waals surface area contributed by atoms with Gasteiger partial charge in [-0.1, -0.05) is 30.3 Å². The molecular formula is C11H13N3O. The van der Waals surface area contributed by atoms with Crippen LogP contribution in [-0.4, -0.2) is 0 Å². The third-order valence-corrected chi connectivity index (χ3v) is 2.31. The van der Waals surface area contributed by atoms with Gasteiger partial charge in [0, 0.05) is 6.42 Å². The fourth-order valence-electron chi connectivity index (χ4n) is 1.51. The van der Waals surface area contributed by atoms with Gasteiger partial charge in [-0.3, -0.25) is 10.7 Å².